The molecular weight excluding hydrogens is 324 g/mol. The molecule has 0 spiro atoms. The Balaban J connectivity index is 1.55. The molecule has 1 aliphatic rings. The van der Waals surface area contributed by atoms with Crippen molar-refractivity contribution in [2.24, 2.45) is 0 Å². The molecule has 1 aromatic heterocycles. The highest BCUT2D eigenvalue weighted by Crippen LogP contribution is 2.16. The average Bonchev–Trinajstić information content (AvgIpc) is 2.58. The van der Waals surface area contributed by atoms with Crippen molar-refractivity contribution in [1.82, 2.24) is 9.88 Å². The largest absolute Gasteiger partial charge is 0.354 e. The Hall–Kier alpha value is -2.11. The number of rotatable bonds is 4. The van der Waals surface area contributed by atoms with E-state index < -0.39 is 0 Å². The van der Waals surface area contributed by atoms with E-state index in [0.717, 1.165) is 37.6 Å². The van der Waals surface area contributed by atoms with Crippen LogP contribution in [0.15, 0.2) is 42.6 Å². The summed E-state index contributed by atoms with van der Waals surface area (Å²) in [5.74, 6) is 0.894. The molecular formula is C18H21ClN4O. The lowest BCUT2D eigenvalue weighted by Gasteiger charge is -2.33. The van der Waals surface area contributed by atoms with Crippen molar-refractivity contribution in [2.75, 3.05) is 43.4 Å². The number of carbonyl (C=O) groups is 1. The SMILES string of the molecule is CN1CCN(c2ccc(NC(=O)Cc3ccc(Cl)cc3)cn2)CC1. The summed E-state index contributed by atoms with van der Waals surface area (Å²) in [6.45, 7) is 4.04. The number of benzene rings is 1. The summed E-state index contributed by atoms with van der Waals surface area (Å²) >= 11 is 5.85. The number of aromatic nitrogens is 1. The van der Waals surface area contributed by atoms with Gasteiger partial charge in [0, 0.05) is 31.2 Å². The van der Waals surface area contributed by atoms with Crippen LogP contribution in [0.5, 0.6) is 0 Å². The van der Waals surface area contributed by atoms with Gasteiger partial charge in [-0.3, -0.25) is 4.79 Å². The van der Waals surface area contributed by atoms with E-state index in [1.807, 2.05) is 24.3 Å². The predicted octanol–water partition coefficient (Wildman–Crippen LogP) is 2.67. The molecule has 1 aliphatic heterocycles. The molecule has 0 radical (unpaired) electrons. The molecule has 1 N–H and O–H groups in total. The first-order chi connectivity index (χ1) is 11.6. The summed E-state index contributed by atoms with van der Waals surface area (Å²) in [7, 11) is 2.13. The topological polar surface area (TPSA) is 48.5 Å². The molecule has 6 heteroatoms. The summed E-state index contributed by atoms with van der Waals surface area (Å²) in [5, 5.41) is 3.55. The quantitative estimate of drug-likeness (QED) is 0.926. The van der Waals surface area contributed by atoms with Crippen molar-refractivity contribution in [3.05, 3.63) is 53.2 Å². The van der Waals surface area contributed by atoms with Gasteiger partial charge >= 0.3 is 0 Å². The van der Waals surface area contributed by atoms with Crippen molar-refractivity contribution in [3.63, 3.8) is 0 Å². The van der Waals surface area contributed by atoms with Crippen LogP contribution in [0.3, 0.4) is 0 Å². The number of nitrogens with zero attached hydrogens (tertiary/aromatic N) is 3. The van der Waals surface area contributed by atoms with Gasteiger partial charge in [0.15, 0.2) is 0 Å². The summed E-state index contributed by atoms with van der Waals surface area (Å²) < 4.78 is 0. The average molecular weight is 345 g/mol. The van der Waals surface area contributed by atoms with E-state index in [9.17, 15) is 4.79 Å². The number of halogens is 1. The van der Waals surface area contributed by atoms with Gasteiger partial charge in [0.05, 0.1) is 18.3 Å². The fourth-order valence-corrected chi connectivity index (χ4v) is 2.80. The molecule has 0 unspecified atom stereocenters. The standard InChI is InChI=1S/C18H21ClN4O/c1-22-8-10-23(11-9-22)17-7-6-16(13-20-17)21-18(24)12-14-2-4-15(19)5-3-14/h2-7,13H,8-12H2,1H3,(H,21,24). The number of amides is 1. The molecule has 0 atom stereocenters. The zero-order chi connectivity index (χ0) is 16.9. The van der Waals surface area contributed by atoms with Gasteiger partial charge in [0.2, 0.25) is 5.91 Å². The number of likely N-dealkylation sites (N-methyl/N-ethyl adjacent to an activating group) is 1. The van der Waals surface area contributed by atoms with Crippen LogP contribution in [0, 0.1) is 0 Å². The molecule has 1 saturated heterocycles. The monoisotopic (exact) mass is 344 g/mol. The van der Waals surface area contributed by atoms with Gasteiger partial charge in [-0.25, -0.2) is 4.98 Å². The van der Waals surface area contributed by atoms with E-state index in [1.54, 1.807) is 18.3 Å². The third kappa shape index (κ3) is 4.46. The molecule has 24 heavy (non-hydrogen) atoms. The minimum atomic E-state index is -0.0635. The summed E-state index contributed by atoms with van der Waals surface area (Å²) in [6.07, 6.45) is 2.03. The minimum Gasteiger partial charge on any atom is -0.354 e. The van der Waals surface area contributed by atoms with Crippen LogP contribution in [0.25, 0.3) is 0 Å². The molecule has 2 aromatic rings. The second-order valence-corrected chi connectivity index (χ2v) is 6.48. The van der Waals surface area contributed by atoms with Gasteiger partial charge < -0.3 is 15.1 Å². The lowest BCUT2D eigenvalue weighted by Crippen LogP contribution is -2.44. The third-order valence-electron chi connectivity index (χ3n) is 4.14. The highest BCUT2D eigenvalue weighted by Gasteiger charge is 2.15. The third-order valence-corrected chi connectivity index (χ3v) is 4.39. The second-order valence-electron chi connectivity index (χ2n) is 6.05. The van der Waals surface area contributed by atoms with Crippen LogP contribution < -0.4 is 10.2 Å². The zero-order valence-corrected chi connectivity index (χ0v) is 14.5. The van der Waals surface area contributed by atoms with E-state index >= 15 is 0 Å². The van der Waals surface area contributed by atoms with Gasteiger partial charge in [0.1, 0.15) is 5.82 Å². The van der Waals surface area contributed by atoms with Crippen LogP contribution in [0.4, 0.5) is 11.5 Å². The Labute approximate surface area is 147 Å². The van der Waals surface area contributed by atoms with Gasteiger partial charge in [-0.1, -0.05) is 23.7 Å². The number of pyridine rings is 1. The Bertz CT molecular complexity index is 679. The van der Waals surface area contributed by atoms with Crippen molar-refractivity contribution in [1.29, 1.82) is 0 Å². The highest BCUT2D eigenvalue weighted by molar-refractivity contribution is 6.30. The lowest BCUT2D eigenvalue weighted by molar-refractivity contribution is -0.115. The minimum absolute atomic E-state index is 0.0635. The molecule has 2 heterocycles. The number of nitrogens with one attached hydrogen (secondary N) is 1. The zero-order valence-electron chi connectivity index (χ0n) is 13.7. The van der Waals surface area contributed by atoms with Gasteiger partial charge in [-0.05, 0) is 36.9 Å². The second kappa shape index (κ2) is 7.64. The van der Waals surface area contributed by atoms with Crippen molar-refractivity contribution in [3.8, 4) is 0 Å². The first-order valence-electron chi connectivity index (χ1n) is 8.04. The highest BCUT2D eigenvalue weighted by atomic mass is 35.5. The summed E-state index contributed by atoms with van der Waals surface area (Å²) in [5.41, 5.74) is 1.64. The Kier molecular flexibility index (Phi) is 5.33. The first-order valence-corrected chi connectivity index (χ1v) is 8.42. The molecule has 5 nitrogen and oxygen atoms in total. The molecule has 3 rings (SSSR count). The molecule has 1 fully saturated rings. The van der Waals surface area contributed by atoms with E-state index in [1.165, 1.54) is 0 Å². The van der Waals surface area contributed by atoms with Gasteiger partial charge in [-0.15, -0.1) is 0 Å². The maximum atomic E-state index is 12.1. The van der Waals surface area contributed by atoms with Crippen LogP contribution in [0.2, 0.25) is 5.02 Å². The molecule has 1 aromatic carbocycles. The smallest absolute Gasteiger partial charge is 0.228 e. The van der Waals surface area contributed by atoms with Crippen LogP contribution in [-0.2, 0) is 11.2 Å². The molecule has 1 amide bonds. The van der Waals surface area contributed by atoms with Crippen molar-refractivity contribution >= 4 is 29.0 Å². The van der Waals surface area contributed by atoms with E-state index in [-0.39, 0.29) is 5.91 Å². The normalized spacial score (nSPS) is 15.3. The number of carbonyl (C=O) groups excluding carboxylic acids is 1. The molecule has 0 aliphatic carbocycles. The number of hydrogen-bond acceptors (Lipinski definition) is 4. The maximum absolute atomic E-state index is 12.1. The van der Waals surface area contributed by atoms with Gasteiger partial charge in [0.25, 0.3) is 0 Å². The molecule has 126 valence electrons. The lowest BCUT2D eigenvalue weighted by atomic mass is 10.1. The predicted molar refractivity (Wildman–Crippen MR) is 97.7 cm³/mol. The number of hydrogen-bond donors (Lipinski definition) is 1. The van der Waals surface area contributed by atoms with E-state index in [2.05, 4.69) is 27.1 Å². The fourth-order valence-electron chi connectivity index (χ4n) is 2.68. The first kappa shape index (κ1) is 16.7. The Morgan fingerprint density at radius 2 is 1.83 bits per heavy atom. The Morgan fingerprint density at radius 1 is 1.12 bits per heavy atom. The molecule has 0 bridgehead atoms. The van der Waals surface area contributed by atoms with E-state index in [4.69, 9.17) is 11.6 Å². The Morgan fingerprint density at radius 3 is 2.46 bits per heavy atom. The van der Waals surface area contributed by atoms with Gasteiger partial charge in [-0.2, -0.15) is 0 Å². The fraction of sp³-hybridized carbons (Fsp3) is 0.333. The summed E-state index contributed by atoms with van der Waals surface area (Å²) in [6, 6.07) is 11.2. The van der Waals surface area contributed by atoms with Crippen LogP contribution >= 0.6 is 11.6 Å². The maximum Gasteiger partial charge on any atom is 0.228 e. The van der Waals surface area contributed by atoms with Crippen molar-refractivity contribution < 1.29 is 4.79 Å². The number of anilines is 2. The number of piperazine rings is 1. The van der Waals surface area contributed by atoms with Crippen molar-refractivity contribution in [2.45, 2.75) is 6.42 Å². The van der Waals surface area contributed by atoms with E-state index in [0.29, 0.717) is 17.1 Å². The summed E-state index contributed by atoms with van der Waals surface area (Å²) in [4.78, 5) is 21.1. The van der Waals surface area contributed by atoms with Crippen LogP contribution in [-0.4, -0.2) is 49.0 Å². The molecule has 0 saturated carbocycles. The van der Waals surface area contributed by atoms with Crippen LogP contribution in [0.1, 0.15) is 5.56 Å².